The molecule has 5 nitrogen and oxygen atoms in total. The summed E-state index contributed by atoms with van der Waals surface area (Å²) < 4.78 is 7.40. The Morgan fingerprint density at radius 2 is 2.22 bits per heavy atom. The van der Waals surface area contributed by atoms with E-state index in [0.717, 1.165) is 36.8 Å². The van der Waals surface area contributed by atoms with Gasteiger partial charge in [0, 0.05) is 18.0 Å². The Hall–Kier alpha value is -1.88. The van der Waals surface area contributed by atoms with Gasteiger partial charge in [-0.25, -0.2) is 4.98 Å². The van der Waals surface area contributed by atoms with E-state index in [1.807, 2.05) is 13.0 Å². The average molecular weight is 316 g/mol. The van der Waals surface area contributed by atoms with Crippen LogP contribution in [0.3, 0.4) is 0 Å². The molecule has 0 saturated heterocycles. The van der Waals surface area contributed by atoms with Crippen molar-refractivity contribution < 1.29 is 9.84 Å². The quantitative estimate of drug-likeness (QED) is 0.832. The lowest BCUT2D eigenvalue weighted by Gasteiger charge is -2.41. The van der Waals surface area contributed by atoms with Gasteiger partial charge in [-0.15, -0.1) is 0 Å². The van der Waals surface area contributed by atoms with Crippen molar-refractivity contribution in [2.45, 2.75) is 51.7 Å². The van der Waals surface area contributed by atoms with Gasteiger partial charge in [-0.2, -0.15) is 0 Å². The molecule has 1 saturated carbocycles. The van der Waals surface area contributed by atoms with Gasteiger partial charge in [0.2, 0.25) is 0 Å². The maximum atomic E-state index is 12.2. The Labute approximate surface area is 135 Å². The van der Waals surface area contributed by atoms with Crippen LogP contribution in [0.1, 0.15) is 39.5 Å². The zero-order valence-electron chi connectivity index (χ0n) is 13.8. The second-order valence-electron chi connectivity index (χ2n) is 6.84. The van der Waals surface area contributed by atoms with E-state index in [1.54, 1.807) is 22.9 Å². The molecule has 2 aromatic heterocycles. The van der Waals surface area contributed by atoms with Gasteiger partial charge >= 0.3 is 0 Å². The molecule has 1 aliphatic carbocycles. The number of hydrogen-bond acceptors (Lipinski definition) is 4. The van der Waals surface area contributed by atoms with E-state index in [4.69, 9.17) is 4.74 Å². The van der Waals surface area contributed by atoms with E-state index in [-0.39, 0.29) is 5.56 Å². The molecule has 2 aromatic rings. The Bertz CT molecular complexity index is 744. The number of hydrogen-bond donors (Lipinski definition) is 1. The van der Waals surface area contributed by atoms with Gasteiger partial charge in [0.15, 0.2) is 0 Å². The van der Waals surface area contributed by atoms with Crippen molar-refractivity contribution >= 4 is 11.0 Å². The molecule has 0 spiro atoms. The summed E-state index contributed by atoms with van der Waals surface area (Å²) in [7, 11) is 0. The van der Waals surface area contributed by atoms with Crippen LogP contribution in [0.2, 0.25) is 0 Å². The van der Waals surface area contributed by atoms with Crippen molar-refractivity contribution in [3.05, 3.63) is 34.7 Å². The van der Waals surface area contributed by atoms with Crippen LogP contribution < -0.4 is 10.3 Å². The van der Waals surface area contributed by atoms with Gasteiger partial charge in [0.1, 0.15) is 11.4 Å². The number of ether oxygens (including phenoxy) is 1. The number of rotatable bonds is 6. The molecular weight excluding hydrogens is 292 g/mol. The Balaban J connectivity index is 1.83. The van der Waals surface area contributed by atoms with Crippen LogP contribution in [0.4, 0.5) is 0 Å². The van der Waals surface area contributed by atoms with Crippen LogP contribution in [-0.2, 0) is 6.54 Å². The zero-order chi connectivity index (χ0) is 16.4. The first-order valence-corrected chi connectivity index (χ1v) is 8.33. The maximum absolute atomic E-state index is 12.2. The highest BCUT2D eigenvalue weighted by atomic mass is 16.5. The minimum Gasteiger partial charge on any atom is -0.492 e. The third-order valence-corrected chi connectivity index (χ3v) is 4.46. The summed E-state index contributed by atoms with van der Waals surface area (Å²) >= 11 is 0. The maximum Gasteiger partial charge on any atom is 0.252 e. The fourth-order valence-corrected chi connectivity index (χ4v) is 3.32. The lowest BCUT2D eigenvalue weighted by atomic mass is 9.72. The molecule has 0 bridgehead atoms. The molecule has 1 aliphatic rings. The third-order valence-electron chi connectivity index (χ3n) is 4.46. The van der Waals surface area contributed by atoms with Crippen LogP contribution in [0.25, 0.3) is 11.0 Å². The van der Waals surface area contributed by atoms with E-state index in [9.17, 15) is 9.90 Å². The van der Waals surface area contributed by atoms with Crippen molar-refractivity contribution in [2.24, 2.45) is 5.92 Å². The van der Waals surface area contributed by atoms with Gasteiger partial charge in [-0.1, -0.05) is 13.3 Å². The molecule has 0 aromatic carbocycles. The molecule has 0 radical (unpaired) electrons. The van der Waals surface area contributed by atoms with Gasteiger partial charge in [0.25, 0.3) is 5.56 Å². The Kier molecular flexibility index (Phi) is 4.39. The van der Waals surface area contributed by atoms with E-state index in [1.165, 1.54) is 0 Å². The minimum absolute atomic E-state index is 0.0452. The van der Waals surface area contributed by atoms with E-state index in [0.29, 0.717) is 24.7 Å². The van der Waals surface area contributed by atoms with Crippen molar-refractivity contribution in [3.63, 3.8) is 0 Å². The van der Waals surface area contributed by atoms with Gasteiger partial charge < -0.3 is 9.84 Å². The number of nitrogens with zero attached hydrogens (tertiary/aromatic N) is 2. The fraction of sp³-hybridized carbons (Fsp3) is 0.556. The molecule has 0 unspecified atom stereocenters. The average Bonchev–Trinajstić information content (AvgIpc) is 2.48. The van der Waals surface area contributed by atoms with Crippen LogP contribution in [-0.4, -0.2) is 26.9 Å². The second kappa shape index (κ2) is 6.32. The highest BCUT2D eigenvalue weighted by molar-refractivity contribution is 5.76. The molecular formula is C18H24N2O3. The number of pyridine rings is 2. The molecule has 5 heteroatoms. The summed E-state index contributed by atoms with van der Waals surface area (Å²) in [6.45, 7) is 5.25. The molecule has 1 N–H and O–H groups in total. The SMILES string of the molecule is CCCCOc1cnc2c(ccc(=O)n2CC2CC(C)(O)C2)c1. The largest absolute Gasteiger partial charge is 0.492 e. The fourth-order valence-electron chi connectivity index (χ4n) is 3.32. The molecule has 2 heterocycles. The smallest absolute Gasteiger partial charge is 0.252 e. The minimum atomic E-state index is -0.577. The van der Waals surface area contributed by atoms with Crippen molar-refractivity contribution in [1.29, 1.82) is 0 Å². The molecule has 124 valence electrons. The second-order valence-corrected chi connectivity index (χ2v) is 6.84. The van der Waals surface area contributed by atoms with Gasteiger partial charge in [-0.3, -0.25) is 9.36 Å². The molecule has 0 amide bonds. The van der Waals surface area contributed by atoms with Crippen LogP contribution in [0.15, 0.2) is 29.2 Å². The number of unbranched alkanes of at least 4 members (excludes halogenated alkanes) is 1. The first-order chi connectivity index (χ1) is 11.0. The third kappa shape index (κ3) is 3.55. The molecule has 23 heavy (non-hydrogen) atoms. The van der Waals surface area contributed by atoms with Crippen LogP contribution in [0, 0.1) is 5.92 Å². The lowest BCUT2D eigenvalue weighted by molar-refractivity contribution is -0.0617. The number of aliphatic hydroxyl groups is 1. The standard InChI is InChI=1S/C18H24N2O3/c1-3-4-7-23-15-8-14-5-6-16(21)20(17(14)19-11-15)12-13-9-18(2,22)10-13/h5-6,8,11,13,22H,3-4,7,9-10,12H2,1-2H3. The molecule has 0 aliphatic heterocycles. The normalized spacial score (nSPS) is 23.7. The number of fused-ring (bicyclic) bond motifs is 1. The molecule has 1 fully saturated rings. The van der Waals surface area contributed by atoms with Crippen LogP contribution >= 0.6 is 0 Å². The molecule has 3 rings (SSSR count). The zero-order valence-corrected chi connectivity index (χ0v) is 13.8. The van der Waals surface area contributed by atoms with Crippen LogP contribution in [0.5, 0.6) is 5.75 Å². The van der Waals surface area contributed by atoms with E-state index < -0.39 is 5.60 Å². The van der Waals surface area contributed by atoms with E-state index >= 15 is 0 Å². The first kappa shape index (κ1) is 16.0. The van der Waals surface area contributed by atoms with E-state index in [2.05, 4.69) is 11.9 Å². The Morgan fingerprint density at radius 3 is 2.91 bits per heavy atom. The summed E-state index contributed by atoms with van der Waals surface area (Å²) in [6, 6.07) is 5.31. The summed E-state index contributed by atoms with van der Waals surface area (Å²) in [5, 5.41) is 10.8. The summed E-state index contributed by atoms with van der Waals surface area (Å²) in [4.78, 5) is 16.6. The van der Waals surface area contributed by atoms with Crippen molar-refractivity contribution in [1.82, 2.24) is 9.55 Å². The van der Waals surface area contributed by atoms with Crippen molar-refractivity contribution in [3.8, 4) is 5.75 Å². The highest BCUT2D eigenvalue weighted by Crippen LogP contribution is 2.38. The predicted molar refractivity (Wildman–Crippen MR) is 89.8 cm³/mol. The van der Waals surface area contributed by atoms with Gasteiger partial charge in [-0.05, 0) is 44.2 Å². The lowest BCUT2D eigenvalue weighted by Crippen LogP contribution is -2.43. The van der Waals surface area contributed by atoms with Gasteiger partial charge in [0.05, 0.1) is 18.4 Å². The summed E-state index contributed by atoms with van der Waals surface area (Å²) in [5.41, 5.74) is 0.0649. The predicted octanol–water partition coefficient (Wildman–Crippen LogP) is 2.74. The first-order valence-electron chi connectivity index (χ1n) is 8.33. The van der Waals surface area contributed by atoms with Crippen molar-refractivity contribution in [2.75, 3.05) is 6.61 Å². The molecule has 0 atom stereocenters. The topological polar surface area (TPSA) is 64.3 Å². The highest BCUT2D eigenvalue weighted by Gasteiger charge is 2.38. The monoisotopic (exact) mass is 316 g/mol. The number of aromatic nitrogens is 2. The summed E-state index contributed by atoms with van der Waals surface area (Å²) in [5.74, 6) is 1.07. The Morgan fingerprint density at radius 1 is 1.43 bits per heavy atom. The summed E-state index contributed by atoms with van der Waals surface area (Å²) in [6.07, 6.45) is 5.25.